The molecular weight excluding hydrogens is 340 g/mol. The highest BCUT2D eigenvalue weighted by molar-refractivity contribution is 6.38. The number of aromatic amines is 1. The third-order valence-corrected chi connectivity index (χ3v) is 4.34. The van der Waals surface area contributed by atoms with E-state index in [0.717, 1.165) is 27.7 Å². The number of aliphatic hydroxyl groups excluding tert-OH is 1. The molecule has 0 saturated heterocycles. The number of nitrogens with zero attached hydrogens (tertiary/aromatic N) is 4. The molecule has 126 valence electrons. The van der Waals surface area contributed by atoms with E-state index >= 15 is 0 Å². The second-order valence-corrected chi connectivity index (χ2v) is 6.00. The summed E-state index contributed by atoms with van der Waals surface area (Å²) in [5.74, 6) is 1.13. The summed E-state index contributed by atoms with van der Waals surface area (Å²) in [7, 11) is 1.80. The van der Waals surface area contributed by atoms with Crippen molar-refractivity contribution in [2.45, 2.75) is 6.61 Å². The van der Waals surface area contributed by atoms with Crippen molar-refractivity contribution < 1.29 is 5.11 Å². The Bertz CT molecular complexity index is 1050. The molecule has 0 aliphatic heterocycles. The largest absolute Gasteiger partial charge is 0.392 e. The molecule has 0 spiro atoms. The number of benzene rings is 2. The highest BCUT2D eigenvalue weighted by atomic mass is 35.5. The van der Waals surface area contributed by atoms with E-state index in [2.05, 4.69) is 25.6 Å². The zero-order valence-corrected chi connectivity index (χ0v) is 14.1. The van der Waals surface area contributed by atoms with Gasteiger partial charge >= 0.3 is 0 Å². The van der Waals surface area contributed by atoms with Crippen molar-refractivity contribution in [1.29, 1.82) is 0 Å². The molecule has 0 unspecified atom stereocenters. The Labute approximate surface area is 148 Å². The van der Waals surface area contributed by atoms with Gasteiger partial charge in [-0.3, -0.25) is 5.10 Å². The van der Waals surface area contributed by atoms with Gasteiger partial charge in [0, 0.05) is 18.0 Å². The maximum absolute atomic E-state index is 9.28. The van der Waals surface area contributed by atoms with Gasteiger partial charge in [-0.25, -0.2) is 4.68 Å². The number of hydrogen-bond acceptors (Lipinski definition) is 5. The molecule has 0 bridgehead atoms. The number of nitrogens with one attached hydrogen (secondary N) is 2. The average Bonchev–Trinajstić information content (AvgIpc) is 3.25. The standard InChI is InChI=1S/C17H15ClN6O/c1-24-17(20-14-6-5-13-12(15(14)18)8-19-22-13)21-16(23-24)11-4-2-3-10(7-11)9-25/h2-8,25H,9H2,1H3,(H,19,22)(H,20,21,23). The number of halogens is 1. The average molecular weight is 355 g/mol. The SMILES string of the molecule is Cn1nc(-c2cccc(CO)c2)nc1Nc1ccc2[nH]ncc2c1Cl. The maximum atomic E-state index is 9.28. The van der Waals surface area contributed by atoms with E-state index < -0.39 is 0 Å². The maximum Gasteiger partial charge on any atom is 0.225 e. The van der Waals surface area contributed by atoms with Crippen LogP contribution in [0, 0.1) is 0 Å². The molecular formula is C17H15ClN6O. The molecule has 2 aromatic heterocycles. The summed E-state index contributed by atoms with van der Waals surface area (Å²) >= 11 is 6.44. The van der Waals surface area contributed by atoms with Crippen LogP contribution >= 0.6 is 11.6 Å². The van der Waals surface area contributed by atoms with Crippen LogP contribution in [0.25, 0.3) is 22.3 Å². The first kappa shape index (κ1) is 15.6. The Morgan fingerprint density at radius 2 is 2.16 bits per heavy atom. The molecule has 25 heavy (non-hydrogen) atoms. The van der Waals surface area contributed by atoms with Crippen molar-refractivity contribution in [3.8, 4) is 11.4 Å². The van der Waals surface area contributed by atoms with E-state index in [-0.39, 0.29) is 6.61 Å². The van der Waals surface area contributed by atoms with Crippen LogP contribution in [-0.2, 0) is 13.7 Å². The minimum atomic E-state index is -0.0217. The van der Waals surface area contributed by atoms with E-state index in [0.29, 0.717) is 16.8 Å². The van der Waals surface area contributed by atoms with Crippen LogP contribution in [0.1, 0.15) is 5.56 Å². The molecule has 2 aromatic carbocycles. The Hall–Kier alpha value is -2.90. The number of aliphatic hydroxyl groups is 1. The summed E-state index contributed by atoms with van der Waals surface area (Å²) in [6.07, 6.45) is 1.69. The first-order chi connectivity index (χ1) is 12.2. The number of anilines is 2. The van der Waals surface area contributed by atoms with Crippen molar-refractivity contribution in [1.82, 2.24) is 25.0 Å². The van der Waals surface area contributed by atoms with Crippen molar-refractivity contribution >= 4 is 34.1 Å². The molecule has 0 radical (unpaired) electrons. The van der Waals surface area contributed by atoms with E-state index in [9.17, 15) is 5.11 Å². The first-order valence-corrected chi connectivity index (χ1v) is 8.03. The van der Waals surface area contributed by atoms with Crippen LogP contribution in [0.2, 0.25) is 5.02 Å². The molecule has 4 aromatic rings. The Morgan fingerprint density at radius 1 is 1.28 bits per heavy atom. The van der Waals surface area contributed by atoms with Gasteiger partial charge in [-0.05, 0) is 23.8 Å². The van der Waals surface area contributed by atoms with Crippen LogP contribution < -0.4 is 5.32 Å². The fourth-order valence-electron chi connectivity index (χ4n) is 2.62. The Morgan fingerprint density at radius 3 is 3.00 bits per heavy atom. The number of fused-ring (bicyclic) bond motifs is 1. The normalized spacial score (nSPS) is 11.2. The zero-order valence-electron chi connectivity index (χ0n) is 13.4. The number of aromatic nitrogens is 5. The molecule has 0 atom stereocenters. The van der Waals surface area contributed by atoms with E-state index in [4.69, 9.17) is 11.6 Å². The lowest BCUT2D eigenvalue weighted by molar-refractivity contribution is 0.282. The molecule has 8 heteroatoms. The fourth-order valence-corrected chi connectivity index (χ4v) is 2.89. The lowest BCUT2D eigenvalue weighted by Crippen LogP contribution is -2.00. The monoisotopic (exact) mass is 354 g/mol. The molecule has 3 N–H and O–H groups in total. The molecule has 0 amide bonds. The van der Waals surface area contributed by atoms with Gasteiger partial charge in [-0.1, -0.05) is 29.8 Å². The van der Waals surface area contributed by atoms with Gasteiger partial charge < -0.3 is 10.4 Å². The second kappa shape index (κ2) is 6.19. The molecule has 7 nitrogen and oxygen atoms in total. The molecule has 0 saturated carbocycles. The molecule has 4 rings (SSSR count). The zero-order chi connectivity index (χ0) is 17.4. The van der Waals surface area contributed by atoms with Gasteiger partial charge in [-0.2, -0.15) is 10.1 Å². The summed E-state index contributed by atoms with van der Waals surface area (Å²) < 4.78 is 1.65. The lowest BCUT2D eigenvalue weighted by atomic mass is 10.1. The third-order valence-electron chi connectivity index (χ3n) is 3.94. The van der Waals surface area contributed by atoms with Crippen LogP contribution in [0.3, 0.4) is 0 Å². The molecule has 0 aliphatic rings. The van der Waals surface area contributed by atoms with Gasteiger partial charge in [0.05, 0.1) is 29.0 Å². The van der Waals surface area contributed by atoms with E-state index in [1.54, 1.807) is 17.9 Å². The Balaban J connectivity index is 1.69. The van der Waals surface area contributed by atoms with Gasteiger partial charge in [-0.15, -0.1) is 5.10 Å². The highest BCUT2D eigenvalue weighted by Gasteiger charge is 2.13. The molecule has 0 fully saturated rings. The first-order valence-electron chi connectivity index (χ1n) is 7.65. The van der Waals surface area contributed by atoms with Crippen molar-refractivity contribution in [3.63, 3.8) is 0 Å². The lowest BCUT2D eigenvalue weighted by Gasteiger charge is -2.07. The Kier molecular flexibility index (Phi) is 3.87. The summed E-state index contributed by atoms with van der Waals surface area (Å²) in [6.45, 7) is -0.0217. The van der Waals surface area contributed by atoms with Crippen molar-refractivity contribution in [2.75, 3.05) is 5.32 Å². The second-order valence-electron chi connectivity index (χ2n) is 5.62. The highest BCUT2D eigenvalue weighted by Crippen LogP contribution is 2.32. The quantitative estimate of drug-likeness (QED) is 0.523. The topological polar surface area (TPSA) is 91.6 Å². The van der Waals surface area contributed by atoms with Crippen LogP contribution in [0.4, 0.5) is 11.6 Å². The van der Waals surface area contributed by atoms with Crippen molar-refractivity contribution in [3.05, 3.63) is 53.2 Å². The number of H-pyrrole nitrogens is 1. The van der Waals surface area contributed by atoms with Gasteiger partial charge in [0.15, 0.2) is 5.82 Å². The minimum absolute atomic E-state index is 0.0217. The summed E-state index contributed by atoms with van der Waals surface area (Å²) in [5, 5.41) is 25.2. The van der Waals surface area contributed by atoms with E-state index in [1.165, 1.54) is 0 Å². The van der Waals surface area contributed by atoms with Crippen LogP contribution in [0.5, 0.6) is 0 Å². The predicted molar refractivity (Wildman–Crippen MR) is 96.7 cm³/mol. The molecule has 2 heterocycles. The smallest absolute Gasteiger partial charge is 0.225 e. The van der Waals surface area contributed by atoms with Gasteiger partial charge in [0.25, 0.3) is 0 Å². The summed E-state index contributed by atoms with van der Waals surface area (Å²) in [5.41, 5.74) is 3.25. The number of hydrogen-bond donors (Lipinski definition) is 3. The fraction of sp³-hybridized carbons (Fsp3) is 0.118. The third kappa shape index (κ3) is 2.84. The minimum Gasteiger partial charge on any atom is -0.392 e. The van der Waals surface area contributed by atoms with Crippen LogP contribution in [0.15, 0.2) is 42.6 Å². The van der Waals surface area contributed by atoms with Crippen molar-refractivity contribution in [2.24, 2.45) is 7.05 Å². The number of rotatable bonds is 4. The van der Waals surface area contributed by atoms with E-state index in [1.807, 2.05) is 36.4 Å². The van der Waals surface area contributed by atoms with Gasteiger partial charge in [0.2, 0.25) is 5.95 Å². The molecule has 0 aliphatic carbocycles. The number of aryl methyl sites for hydroxylation is 1. The van der Waals surface area contributed by atoms with Gasteiger partial charge in [0.1, 0.15) is 0 Å². The van der Waals surface area contributed by atoms with Crippen LogP contribution in [-0.4, -0.2) is 30.1 Å². The predicted octanol–water partition coefficient (Wildman–Crippen LogP) is 3.25. The summed E-state index contributed by atoms with van der Waals surface area (Å²) in [4.78, 5) is 4.54. The summed E-state index contributed by atoms with van der Waals surface area (Å²) in [6, 6.07) is 11.3.